The summed E-state index contributed by atoms with van der Waals surface area (Å²) in [6, 6.07) is 0.0441. The van der Waals surface area contributed by atoms with E-state index in [0.717, 1.165) is 19.4 Å². The summed E-state index contributed by atoms with van der Waals surface area (Å²) in [6.07, 6.45) is 5.38. The van der Waals surface area contributed by atoms with Gasteiger partial charge >= 0.3 is 6.09 Å². The quantitative estimate of drug-likeness (QED) is 0.242. The monoisotopic (exact) mass is 905 g/mol. The van der Waals surface area contributed by atoms with Crippen LogP contribution in [0.1, 0.15) is 105 Å². The second kappa shape index (κ2) is 17.0. The molecule has 1 aromatic carbocycles. The molecule has 4 amide bonds. The summed E-state index contributed by atoms with van der Waals surface area (Å²) in [4.78, 5) is 63.3. The van der Waals surface area contributed by atoms with E-state index in [4.69, 9.17) is 18.9 Å². The molecule has 3 aliphatic heterocycles. The van der Waals surface area contributed by atoms with Crippen LogP contribution in [0.15, 0.2) is 24.3 Å². The minimum absolute atomic E-state index is 0.00500. The van der Waals surface area contributed by atoms with Gasteiger partial charge in [0.25, 0.3) is 11.8 Å². The van der Waals surface area contributed by atoms with Crippen LogP contribution in [0.25, 0.3) is 10.8 Å². The molecule has 5 aliphatic rings. The van der Waals surface area contributed by atoms with Gasteiger partial charge in [0.15, 0.2) is 17.2 Å². The number of ether oxygens (including phenoxy) is 4. The van der Waals surface area contributed by atoms with Gasteiger partial charge in [-0.3, -0.25) is 19.1 Å². The number of nitrogens with zero attached hydrogens (tertiary/aromatic N) is 2. The van der Waals surface area contributed by atoms with E-state index >= 15 is 9.18 Å². The number of rotatable bonds is 10. The zero-order valence-electron chi connectivity index (χ0n) is 36.8. The van der Waals surface area contributed by atoms with Crippen molar-refractivity contribution in [2.45, 2.75) is 146 Å². The van der Waals surface area contributed by atoms with Crippen molar-refractivity contribution in [3.63, 3.8) is 0 Å². The number of nitrogens with one attached hydrogen (secondary N) is 3. The lowest BCUT2D eigenvalue weighted by Gasteiger charge is -2.35. The topological polar surface area (TPSA) is 192 Å². The van der Waals surface area contributed by atoms with E-state index in [-0.39, 0.29) is 42.8 Å². The van der Waals surface area contributed by atoms with Gasteiger partial charge in [-0.05, 0) is 101 Å². The van der Waals surface area contributed by atoms with Gasteiger partial charge in [0, 0.05) is 30.2 Å². The number of hydrogen-bond donors (Lipinski definition) is 3. The molecule has 0 bridgehead atoms. The van der Waals surface area contributed by atoms with Crippen LogP contribution in [0.3, 0.4) is 0 Å². The van der Waals surface area contributed by atoms with Gasteiger partial charge in [0.2, 0.25) is 33.6 Å². The summed E-state index contributed by atoms with van der Waals surface area (Å²) < 4.78 is 95.0. The highest BCUT2D eigenvalue weighted by Crippen LogP contribution is 2.48. The Bertz CT molecular complexity index is 2300. The van der Waals surface area contributed by atoms with Crippen molar-refractivity contribution in [2.24, 2.45) is 17.8 Å². The van der Waals surface area contributed by atoms with Crippen molar-refractivity contribution in [3.05, 3.63) is 35.7 Å². The Morgan fingerprint density at radius 3 is 2.52 bits per heavy atom. The summed E-state index contributed by atoms with van der Waals surface area (Å²) in [5.41, 5.74) is -3.19. The molecule has 7 atom stereocenters. The molecule has 2 aromatic rings. The van der Waals surface area contributed by atoms with Crippen LogP contribution >= 0.6 is 0 Å². The fraction of sp³-hybridized carbons (Fsp3) is 0.659. The van der Waals surface area contributed by atoms with Crippen molar-refractivity contribution in [2.75, 3.05) is 20.3 Å². The average Bonchev–Trinajstić information content (AvgIpc) is 4.09. The molecule has 1 saturated heterocycles. The van der Waals surface area contributed by atoms with Crippen molar-refractivity contribution in [3.8, 4) is 17.5 Å². The molecule has 63 heavy (non-hydrogen) atoms. The third kappa shape index (κ3) is 9.12. The Kier molecular flexibility index (Phi) is 12.4. The molecule has 2 aliphatic carbocycles. The number of halogens is 3. The third-order valence-electron chi connectivity index (χ3n) is 13.7. The van der Waals surface area contributed by atoms with Gasteiger partial charge in [-0.25, -0.2) is 26.4 Å². The number of alkyl carbamates (subject to hydrolysis) is 1. The van der Waals surface area contributed by atoms with Crippen LogP contribution < -0.4 is 29.6 Å². The highest BCUT2D eigenvalue weighted by molar-refractivity contribution is 7.91. The van der Waals surface area contributed by atoms with E-state index in [1.807, 2.05) is 19.9 Å². The van der Waals surface area contributed by atoms with E-state index in [1.54, 1.807) is 13.0 Å². The summed E-state index contributed by atoms with van der Waals surface area (Å²) in [5.74, 6) is -7.43. The fourth-order valence-electron chi connectivity index (χ4n) is 8.79. The van der Waals surface area contributed by atoms with Crippen LogP contribution in [0.2, 0.25) is 0 Å². The molecule has 0 spiro atoms. The lowest BCUT2D eigenvalue weighted by molar-refractivity contribution is -0.152. The second-order valence-corrected chi connectivity index (χ2v) is 20.9. The van der Waals surface area contributed by atoms with Crippen LogP contribution in [0.4, 0.5) is 18.0 Å². The van der Waals surface area contributed by atoms with E-state index in [2.05, 4.69) is 20.3 Å². The maximum atomic E-state index is 15.3. The molecule has 3 N–H and O–H groups in total. The lowest BCUT2D eigenvalue weighted by atomic mass is 9.85. The standard InChI is InChI=1S/C44H58F3N5O10S/c1-8-25-18-24(2)12-9-10-13-26-22-44(26,39(55)51-63(57,58)42(5)15-16-42)50-35(53)32-19-27(23-52(32)38(54)34(25)48-40(56)62-41(3,4)43(6,46)47)61-37-30-20-31(45)33(59-7)21-29(30)28-14-11-17-60-36(28)49-37/h10,13,20-21,24-27,32,34H,8-9,11-12,14-19,22-23H2,1-7H3,(H,48,56)(H,50,53)(H,51,55). The Morgan fingerprint density at radius 2 is 1.86 bits per heavy atom. The number of carbonyl (C=O) groups excluding carboxylic acids is 4. The Hall–Kier alpha value is -4.81. The first kappa shape index (κ1) is 46.2. The number of fused-ring (bicyclic) bond motifs is 5. The highest BCUT2D eigenvalue weighted by Gasteiger charge is 2.63. The van der Waals surface area contributed by atoms with Gasteiger partial charge in [-0.2, -0.15) is 4.98 Å². The Balaban J connectivity index is 1.27. The number of aromatic nitrogens is 1. The van der Waals surface area contributed by atoms with E-state index in [9.17, 15) is 31.6 Å². The van der Waals surface area contributed by atoms with Gasteiger partial charge in [0.05, 0.1) is 25.0 Å². The highest BCUT2D eigenvalue weighted by atomic mass is 32.2. The van der Waals surface area contributed by atoms with Crippen LogP contribution in [-0.2, 0) is 35.6 Å². The molecule has 7 rings (SSSR count). The zero-order valence-corrected chi connectivity index (χ0v) is 37.6. The fourth-order valence-corrected chi connectivity index (χ4v) is 10.1. The van der Waals surface area contributed by atoms with Crippen LogP contribution in [0.5, 0.6) is 17.5 Å². The predicted molar refractivity (Wildman–Crippen MR) is 224 cm³/mol. The zero-order chi connectivity index (χ0) is 45.9. The summed E-state index contributed by atoms with van der Waals surface area (Å²) in [5, 5.41) is 6.28. The van der Waals surface area contributed by atoms with Crippen molar-refractivity contribution >= 4 is 44.6 Å². The summed E-state index contributed by atoms with van der Waals surface area (Å²) in [6.45, 7) is 8.20. The summed E-state index contributed by atoms with van der Waals surface area (Å²) >= 11 is 0. The molecular weight excluding hydrogens is 848 g/mol. The average molecular weight is 906 g/mol. The normalized spacial score (nSPS) is 28.5. The second-order valence-electron chi connectivity index (χ2n) is 18.7. The number of carbonyl (C=O) groups is 4. The molecule has 1 aromatic heterocycles. The minimum atomic E-state index is -4.10. The molecular formula is C44H58F3N5O10S. The van der Waals surface area contributed by atoms with Gasteiger partial charge in [0.1, 0.15) is 23.7 Å². The molecule has 7 unspecified atom stereocenters. The van der Waals surface area contributed by atoms with Crippen molar-refractivity contribution in [1.29, 1.82) is 0 Å². The van der Waals surface area contributed by atoms with Gasteiger partial charge in [-0.15, -0.1) is 0 Å². The number of aryl methyl sites for hydroxylation is 1. The van der Waals surface area contributed by atoms with Gasteiger partial charge < -0.3 is 34.5 Å². The maximum absolute atomic E-state index is 15.3. The maximum Gasteiger partial charge on any atom is 0.408 e. The number of methoxy groups -OCH3 is 1. The van der Waals surface area contributed by atoms with Gasteiger partial charge in [-0.1, -0.05) is 32.4 Å². The number of amides is 4. The Morgan fingerprint density at radius 1 is 1.13 bits per heavy atom. The predicted octanol–water partition coefficient (Wildman–Crippen LogP) is 5.86. The summed E-state index contributed by atoms with van der Waals surface area (Å²) in [7, 11) is -2.75. The van der Waals surface area contributed by atoms with E-state index in [1.165, 1.54) is 24.1 Å². The molecule has 15 nitrogen and oxygen atoms in total. The van der Waals surface area contributed by atoms with E-state index in [0.29, 0.717) is 75.7 Å². The van der Waals surface area contributed by atoms with Crippen molar-refractivity contribution in [1.82, 2.24) is 25.2 Å². The molecule has 19 heteroatoms. The third-order valence-corrected chi connectivity index (χ3v) is 15.8. The van der Waals surface area contributed by atoms with Crippen molar-refractivity contribution < 1.29 is 59.7 Å². The first-order valence-corrected chi connectivity index (χ1v) is 23.2. The van der Waals surface area contributed by atoms with E-state index < -0.39 is 91.5 Å². The molecule has 346 valence electrons. The number of benzene rings is 1. The SMILES string of the molecule is CCC1CC(C)CCC=CC2CC2(C(=O)NS(=O)(=O)C2(C)CC2)NC(=O)C2CC(Oc3nc4c(c5cc(OC)c(F)cc35)CCCO4)CN2C(=O)C1NC(=O)OC(C)(C)C(C)(F)F. The van der Waals surface area contributed by atoms with Crippen LogP contribution in [0, 0.1) is 23.6 Å². The van der Waals surface area contributed by atoms with Crippen LogP contribution in [-0.4, -0.2) is 102 Å². The molecule has 3 fully saturated rings. The number of hydrogen-bond acceptors (Lipinski definition) is 11. The molecule has 4 heterocycles. The number of allylic oxidation sites excluding steroid dienone is 1. The molecule has 2 saturated carbocycles. The largest absolute Gasteiger partial charge is 0.494 e. The first-order valence-electron chi connectivity index (χ1n) is 21.8. The lowest BCUT2D eigenvalue weighted by Crippen LogP contribution is -2.60. The Labute approximate surface area is 365 Å². The molecule has 0 radical (unpaired) electrons. The number of alkyl halides is 2. The first-order chi connectivity index (χ1) is 29.5. The smallest absolute Gasteiger partial charge is 0.408 e. The minimum Gasteiger partial charge on any atom is -0.494 e. The number of sulfonamides is 1. The number of pyridine rings is 1.